The first kappa shape index (κ1) is 15.0. The Morgan fingerprint density at radius 1 is 1.50 bits per heavy atom. The van der Waals surface area contributed by atoms with Gasteiger partial charge in [0.15, 0.2) is 0 Å². The van der Waals surface area contributed by atoms with E-state index in [1.807, 2.05) is 6.08 Å². The Kier molecular flexibility index (Phi) is 6.14. The van der Waals surface area contributed by atoms with Crippen molar-refractivity contribution in [2.45, 2.75) is 19.0 Å². The summed E-state index contributed by atoms with van der Waals surface area (Å²) in [5.74, 6) is -0.295. The molecule has 0 aromatic heterocycles. The second-order valence-corrected chi connectivity index (χ2v) is 4.01. The molecule has 0 spiro atoms. The zero-order valence-electron chi connectivity index (χ0n) is 9.98. The van der Waals surface area contributed by atoms with E-state index in [9.17, 15) is 18.0 Å². The maximum absolute atomic E-state index is 11.7. The second-order valence-electron chi connectivity index (χ2n) is 4.01. The summed E-state index contributed by atoms with van der Waals surface area (Å²) >= 11 is 0. The summed E-state index contributed by atoms with van der Waals surface area (Å²) in [5, 5.41) is 5.80. The van der Waals surface area contributed by atoms with Gasteiger partial charge >= 0.3 is 6.18 Å². The highest BCUT2D eigenvalue weighted by Crippen LogP contribution is 2.14. The quantitative estimate of drug-likeness (QED) is 0.557. The van der Waals surface area contributed by atoms with Crippen molar-refractivity contribution in [2.24, 2.45) is 0 Å². The van der Waals surface area contributed by atoms with Crippen LogP contribution in [0.5, 0.6) is 0 Å². The Hall–Kier alpha value is -1.08. The molecule has 0 saturated heterocycles. The lowest BCUT2D eigenvalue weighted by Crippen LogP contribution is -2.30. The van der Waals surface area contributed by atoms with E-state index < -0.39 is 12.8 Å². The fourth-order valence-electron chi connectivity index (χ4n) is 1.48. The van der Waals surface area contributed by atoms with E-state index in [-0.39, 0.29) is 18.9 Å². The maximum atomic E-state index is 11.7. The summed E-state index contributed by atoms with van der Waals surface area (Å²) in [6.07, 6.45) is -1.51. The van der Waals surface area contributed by atoms with Crippen LogP contribution in [0.3, 0.4) is 0 Å². The lowest BCUT2D eigenvalue weighted by molar-refractivity contribution is -0.174. The molecule has 4 nitrogen and oxygen atoms in total. The monoisotopic (exact) mass is 266 g/mol. The number of hydrogen-bond donors (Lipinski definition) is 2. The molecule has 1 heterocycles. The van der Waals surface area contributed by atoms with Crippen LogP contribution in [-0.2, 0) is 9.53 Å². The van der Waals surface area contributed by atoms with Gasteiger partial charge in [0, 0.05) is 19.5 Å². The van der Waals surface area contributed by atoms with Crippen molar-refractivity contribution >= 4 is 5.91 Å². The molecule has 2 N–H and O–H groups in total. The molecule has 0 aromatic rings. The SMILES string of the molecule is O=C(CCOCC(F)(F)F)NCC1=CCNCC1. The Morgan fingerprint density at radius 2 is 2.28 bits per heavy atom. The predicted molar refractivity (Wildman–Crippen MR) is 60.1 cm³/mol. The lowest BCUT2D eigenvalue weighted by atomic mass is 10.1. The molecule has 0 unspecified atom stereocenters. The van der Waals surface area contributed by atoms with E-state index in [1.165, 1.54) is 0 Å². The third-order valence-corrected chi connectivity index (χ3v) is 2.41. The predicted octanol–water partition coefficient (Wildman–Crippen LogP) is 0.991. The molecule has 1 aliphatic heterocycles. The van der Waals surface area contributed by atoms with E-state index in [0.717, 1.165) is 25.1 Å². The lowest BCUT2D eigenvalue weighted by Gasteiger charge is -2.14. The van der Waals surface area contributed by atoms with Gasteiger partial charge in [-0.05, 0) is 13.0 Å². The van der Waals surface area contributed by atoms with Gasteiger partial charge in [0.25, 0.3) is 0 Å². The zero-order chi connectivity index (χ0) is 13.4. The van der Waals surface area contributed by atoms with Crippen LogP contribution in [0.15, 0.2) is 11.6 Å². The summed E-state index contributed by atoms with van der Waals surface area (Å²) in [7, 11) is 0. The van der Waals surface area contributed by atoms with E-state index in [1.54, 1.807) is 0 Å². The van der Waals surface area contributed by atoms with Crippen molar-refractivity contribution in [1.82, 2.24) is 10.6 Å². The van der Waals surface area contributed by atoms with Gasteiger partial charge in [0.05, 0.1) is 6.61 Å². The van der Waals surface area contributed by atoms with Crippen molar-refractivity contribution in [3.8, 4) is 0 Å². The van der Waals surface area contributed by atoms with Gasteiger partial charge in [0.1, 0.15) is 6.61 Å². The number of carbonyl (C=O) groups excluding carboxylic acids is 1. The molecule has 0 radical (unpaired) electrons. The minimum Gasteiger partial charge on any atom is -0.372 e. The number of nitrogens with one attached hydrogen (secondary N) is 2. The Balaban J connectivity index is 2.05. The molecule has 0 saturated carbocycles. The molecule has 0 fully saturated rings. The van der Waals surface area contributed by atoms with Crippen LogP contribution in [0.2, 0.25) is 0 Å². The summed E-state index contributed by atoms with van der Waals surface area (Å²) < 4.78 is 39.5. The Labute approximate surface area is 104 Å². The number of alkyl halides is 3. The third kappa shape index (κ3) is 7.29. The van der Waals surface area contributed by atoms with Gasteiger partial charge in [-0.1, -0.05) is 11.6 Å². The van der Waals surface area contributed by atoms with E-state index in [4.69, 9.17) is 0 Å². The van der Waals surface area contributed by atoms with Crippen molar-refractivity contribution in [3.63, 3.8) is 0 Å². The van der Waals surface area contributed by atoms with Gasteiger partial charge in [-0.15, -0.1) is 0 Å². The van der Waals surface area contributed by atoms with Crippen molar-refractivity contribution in [3.05, 3.63) is 11.6 Å². The molecule has 0 aromatic carbocycles. The molecular formula is C11H17F3N2O2. The van der Waals surface area contributed by atoms with E-state index in [0.29, 0.717) is 6.54 Å². The first-order valence-corrected chi connectivity index (χ1v) is 5.77. The summed E-state index contributed by atoms with van der Waals surface area (Å²) in [4.78, 5) is 11.3. The number of ether oxygens (including phenoxy) is 1. The smallest absolute Gasteiger partial charge is 0.372 e. The fraction of sp³-hybridized carbons (Fsp3) is 0.727. The minimum absolute atomic E-state index is 0.0540. The van der Waals surface area contributed by atoms with Gasteiger partial charge < -0.3 is 15.4 Å². The van der Waals surface area contributed by atoms with Crippen LogP contribution in [0, 0.1) is 0 Å². The molecule has 0 bridgehead atoms. The van der Waals surface area contributed by atoms with Gasteiger partial charge in [0.2, 0.25) is 5.91 Å². The number of carbonyl (C=O) groups is 1. The first-order valence-electron chi connectivity index (χ1n) is 5.77. The van der Waals surface area contributed by atoms with Crippen LogP contribution in [-0.4, -0.2) is 44.9 Å². The van der Waals surface area contributed by atoms with Crippen molar-refractivity contribution in [1.29, 1.82) is 0 Å². The largest absolute Gasteiger partial charge is 0.411 e. The molecule has 0 atom stereocenters. The van der Waals surface area contributed by atoms with Gasteiger partial charge in [-0.3, -0.25) is 4.79 Å². The molecule has 18 heavy (non-hydrogen) atoms. The molecule has 1 rings (SSSR count). The summed E-state index contributed by atoms with van der Waals surface area (Å²) in [6, 6.07) is 0. The zero-order valence-corrected chi connectivity index (χ0v) is 9.98. The van der Waals surface area contributed by atoms with Crippen LogP contribution in [0.1, 0.15) is 12.8 Å². The van der Waals surface area contributed by atoms with Crippen LogP contribution < -0.4 is 10.6 Å². The molecule has 1 aliphatic rings. The highest BCUT2D eigenvalue weighted by atomic mass is 19.4. The van der Waals surface area contributed by atoms with Gasteiger partial charge in [-0.2, -0.15) is 13.2 Å². The number of halogens is 3. The normalized spacial score (nSPS) is 16.3. The minimum atomic E-state index is -4.34. The highest BCUT2D eigenvalue weighted by molar-refractivity contribution is 5.76. The highest BCUT2D eigenvalue weighted by Gasteiger charge is 2.27. The third-order valence-electron chi connectivity index (χ3n) is 2.41. The number of hydrogen-bond acceptors (Lipinski definition) is 3. The summed E-state index contributed by atoms with van der Waals surface area (Å²) in [5.41, 5.74) is 1.14. The van der Waals surface area contributed by atoms with Crippen LogP contribution in [0.4, 0.5) is 13.2 Å². The van der Waals surface area contributed by atoms with Crippen molar-refractivity contribution in [2.75, 3.05) is 32.8 Å². The molecule has 7 heteroatoms. The molecule has 0 aliphatic carbocycles. The van der Waals surface area contributed by atoms with Crippen molar-refractivity contribution < 1.29 is 22.7 Å². The standard InChI is InChI=1S/C11H17F3N2O2/c12-11(13,14)8-18-6-3-10(17)16-7-9-1-4-15-5-2-9/h1,15H,2-8H2,(H,16,17). The summed E-state index contributed by atoms with van der Waals surface area (Å²) in [6.45, 7) is 0.610. The van der Waals surface area contributed by atoms with Gasteiger partial charge in [-0.25, -0.2) is 0 Å². The Morgan fingerprint density at radius 3 is 2.89 bits per heavy atom. The molecule has 1 amide bonds. The topological polar surface area (TPSA) is 50.4 Å². The molecule has 104 valence electrons. The molecular weight excluding hydrogens is 249 g/mol. The maximum Gasteiger partial charge on any atom is 0.411 e. The van der Waals surface area contributed by atoms with E-state index >= 15 is 0 Å². The van der Waals surface area contributed by atoms with Crippen LogP contribution in [0.25, 0.3) is 0 Å². The number of amides is 1. The Bertz CT molecular complexity index is 303. The second kappa shape index (κ2) is 7.38. The van der Waals surface area contributed by atoms with E-state index in [2.05, 4.69) is 15.4 Å². The average molecular weight is 266 g/mol. The first-order chi connectivity index (χ1) is 8.47. The number of rotatable bonds is 6. The fourth-order valence-corrected chi connectivity index (χ4v) is 1.48. The van der Waals surface area contributed by atoms with Crippen LogP contribution >= 0.6 is 0 Å². The average Bonchev–Trinajstić information content (AvgIpc) is 2.32.